The zero-order valence-electron chi connectivity index (χ0n) is 16.2. The van der Waals surface area contributed by atoms with Crippen LogP contribution in [-0.4, -0.2) is 47.9 Å². The standard InChI is InChI=1S/C19H20N4O7/c1-2-30-15(24)10-5-6-22-13-4-3-12(23(28)29)7-11(13)9-19(14(22)8-10)16(25)20-18(27)21-17(19)26/h3-4,7,10,14H,2,5-6,8-9H2,1H3,(H2,20,21,25,26,27)/t10-,14-/m0/s1. The van der Waals surface area contributed by atoms with Gasteiger partial charge in [-0.15, -0.1) is 0 Å². The van der Waals surface area contributed by atoms with Crippen LogP contribution in [0, 0.1) is 21.4 Å². The van der Waals surface area contributed by atoms with Gasteiger partial charge in [0.15, 0.2) is 5.41 Å². The number of urea groups is 1. The Bertz CT molecular complexity index is 956. The van der Waals surface area contributed by atoms with Crippen molar-refractivity contribution in [1.82, 2.24) is 10.6 Å². The molecule has 0 unspecified atom stereocenters. The third-order valence-electron chi connectivity index (χ3n) is 6.11. The van der Waals surface area contributed by atoms with Crippen molar-refractivity contribution in [2.24, 2.45) is 11.3 Å². The van der Waals surface area contributed by atoms with Crippen LogP contribution in [0.5, 0.6) is 0 Å². The average molecular weight is 416 g/mol. The van der Waals surface area contributed by atoms with Gasteiger partial charge in [-0.25, -0.2) is 4.79 Å². The number of hydrogen-bond donors (Lipinski definition) is 2. The van der Waals surface area contributed by atoms with E-state index in [2.05, 4.69) is 10.6 Å². The Balaban J connectivity index is 1.81. The number of nitro benzene ring substituents is 1. The van der Waals surface area contributed by atoms with Crippen LogP contribution in [0.25, 0.3) is 0 Å². The van der Waals surface area contributed by atoms with E-state index >= 15 is 0 Å². The summed E-state index contributed by atoms with van der Waals surface area (Å²) in [6, 6.07) is 2.70. The molecule has 1 aromatic carbocycles. The molecule has 2 saturated heterocycles. The Labute approximate surface area is 170 Å². The Morgan fingerprint density at radius 2 is 2.00 bits per heavy atom. The summed E-state index contributed by atoms with van der Waals surface area (Å²) in [6.07, 6.45) is 0.514. The first-order valence-electron chi connectivity index (χ1n) is 9.65. The first-order valence-corrected chi connectivity index (χ1v) is 9.65. The van der Waals surface area contributed by atoms with Crippen LogP contribution in [0.3, 0.4) is 0 Å². The molecule has 0 aromatic heterocycles. The Kier molecular flexibility index (Phi) is 4.67. The molecule has 30 heavy (non-hydrogen) atoms. The number of anilines is 1. The summed E-state index contributed by atoms with van der Waals surface area (Å²) in [4.78, 5) is 62.6. The maximum absolute atomic E-state index is 13.0. The molecular weight excluding hydrogens is 396 g/mol. The highest BCUT2D eigenvalue weighted by atomic mass is 16.6. The van der Waals surface area contributed by atoms with Crippen LogP contribution in [0.4, 0.5) is 16.2 Å². The summed E-state index contributed by atoms with van der Waals surface area (Å²) in [6.45, 7) is 2.28. The van der Waals surface area contributed by atoms with Gasteiger partial charge in [-0.1, -0.05) is 0 Å². The highest BCUT2D eigenvalue weighted by Gasteiger charge is 2.61. The maximum Gasteiger partial charge on any atom is 0.328 e. The lowest BCUT2D eigenvalue weighted by Crippen LogP contribution is -2.72. The number of piperidine rings is 1. The fraction of sp³-hybridized carbons (Fsp3) is 0.474. The first kappa shape index (κ1) is 19.8. The van der Waals surface area contributed by atoms with Gasteiger partial charge in [0.05, 0.1) is 23.5 Å². The molecule has 3 aliphatic heterocycles. The Morgan fingerprint density at radius 3 is 2.63 bits per heavy atom. The van der Waals surface area contributed by atoms with Crippen LogP contribution in [0.15, 0.2) is 18.2 Å². The topological polar surface area (TPSA) is 148 Å². The van der Waals surface area contributed by atoms with Gasteiger partial charge in [0.1, 0.15) is 0 Å². The normalized spacial score (nSPS) is 24.4. The summed E-state index contributed by atoms with van der Waals surface area (Å²) in [7, 11) is 0. The van der Waals surface area contributed by atoms with Gasteiger partial charge in [0, 0.05) is 30.8 Å². The highest BCUT2D eigenvalue weighted by Crippen LogP contribution is 2.48. The molecule has 3 aliphatic rings. The highest BCUT2D eigenvalue weighted by molar-refractivity contribution is 6.20. The summed E-state index contributed by atoms with van der Waals surface area (Å²) < 4.78 is 5.13. The summed E-state index contributed by atoms with van der Waals surface area (Å²) in [5, 5.41) is 15.5. The van der Waals surface area contributed by atoms with Crippen molar-refractivity contribution in [1.29, 1.82) is 0 Å². The minimum absolute atomic E-state index is 0.119. The molecule has 11 heteroatoms. The molecule has 2 atom stereocenters. The zero-order chi connectivity index (χ0) is 21.6. The van der Waals surface area contributed by atoms with Gasteiger partial charge < -0.3 is 9.64 Å². The van der Waals surface area contributed by atoms with E-state index < -0.39 is 46.1 Å². The number of non-ortho nitro benzene ring substituents is 1. The predicted molar refractivity (Wildman–Crippen MR) is 101 cm³/mol. The Hall–Kier alpha value is -3.50. The molecule has 0 aliphatic carbocycles. The van der Waals surface area contributed by atoms with Crippen molar-refractivity contribution in [3.8, 4) is 0 Å². The summed E-state index contributed by atoms with van der Waals surface area (Å²) in [5.41, 5.74) is -0.705. The number of imide groups is 2. The van der Waals surface area contributed by atoms with Crippen molar-refractivity contribution in [2.75, 3.05) is 18.1 Å². The van der Waals surface area contributed by atoms with Crippen LogP contribution in [-0.2, 0) is 25.5 Å². The number of carbonyl (C=O) groups excluding carboxylic acids is 4. The fourth-order valence-electron chi connectivity index (χ4n) is 4.75. The number of hydrogen-bond acceptors (Lipinski definition) is 8. The number of nitrogens with zero attached hydrogens (tertiary/aromatic N) is 2. The lowest BCUT2D eigenvalue weighted by Gasteiger charge is -2.53. The van der Waals surface area contributed by atoms with E-state index in [0.717, 1.165) is 0 Å². The van der Waals surface area contributed by atoms with Crippen molar-refractivity contribution in [3.63, 3.8) is 0 Å². The second-order valence-electron chi connectivity index (χ2n) is 7.64. The van der Waals surface area contributed by atoms with Crippen molar-refractivity contribution in [3.05, 3.63) is 33.9 Å². The number of fused-ring (bicyclic) bond motifs is 4. The predicted octanol–water partition coefficient (Wildman–Crippen LogP) is 0.651. The minimum Gasteiger partial charge on any atom is -0.466 e. The molecule has 11 nitrogen and oxygen atoms in total. The lowest BCUT2D eigenvalue weighted by atomic mass is 9.65. The van der Waals surface area contributed by atoms with Crippen LogP contribution >= 0.6 is 0 Å². The van der Waals surface area contributed by atoms with Gasteiger partial charge in [-0.2, -0.15) is 0 Å². The molecule has 4 amide bonds. The SMILES string of the molecule is CCOC(=O)[C@H]1CCN2c3ccc([N+](=O)[O-])cc3CC3(C(=O)NC(=O)NC3=O)[C@@H]2C1. The molecule has 0 radical (unpaired) electrons. The number of benzene rings is 1. The molecule has 0 saturated carbocycles. The third-order valence-corrected chi connectivity index (χ3v) is 6.11. The van der Waals surface area contributed by atoms with E-state index in [1.807, 2.05) is 4.90 Å². The average Bonchev–Trinajstić information content (AvgIpc) is 2.71. The summed E-state index contributed by atoms with van der Waals surface area (Å²) in [5.74, 6) is -2.43. The van der Waals surface area contributed by atoms with Crippen molar-refractivity contribution < 1.29 is 28.8 Å². The van der Waals surface area contributed by atoms with E-state index in [4.69, 9.17) is 4.74 Å². The third kappa shape index (κ3) is 2.88. The maximum atomic E-state index is 13.0. The molecule has 1 aromatic rings. The van der Waals surface area contributed by atoms with Gasteiger partial charge in [0.2, 0.25) is 11.8 Å². The molecule has 4 rings (SSSR count). The number of nitrogens with one attached hydrogen (secondary N) is 2. The number of amides is 4. The molecule has 158 valence electrons. The second-order valence-corrected chi connectivity index (χ2v) is 7.64. The number of nitro groups is 1. The van der Waals surface area contributed by atoms with Crippen molar-refractivity contribution in [2.45, 2.75) is 32.2 Å². The van der Waals surface area contributed by atoms with E-state index in [0.29, 0.717) is 24.2 Å². The van der Waals surface area contributed by atoms with E-state index in [1.54, 1.807) is 13.0 Å². The van der Waals surface area contributed by atoms with Gasteiger partial charge in [0.25, 0.3) is 5.69 Å². The first-order chi connectivity index (χ1) is 14.3. The van der Waals surface area contributed by atoms with E-state index in [9.17, 15) is 29.3 Å². The molecular formula is C19H20N4O7. The molecule has 1 spiro atoms. The monoisotopic (exact) mass is 416 g/mol. The van der Waals surface area contributed by atoms with Gasteiger partial charge >= 0.3 is 12.0 Å². The Morgan fingerprint density at radius 1 is 1.30 bits per heavy atom. The number of esters is 1. The molecule has 3 heterocycles. The zero-order valence-corrected chi connectivity index (χ0v) is 16.2. The van der Waals surface area contributed by atoms with Crippen LogP contribution < -0.4 is 15.5 Å². The number of carbonyl (C=O) groups is 4. The fourth-order valence-corrected chi connectivity index (χ4v) is 4.75. The molecule has 2 fully saturated rings. The number of barbiturate groups is 1. The minimum atomic E-state index is -1.69. The van der Waals surface area contributed by atoms with Gasteiger partial charge in [-0.3, -0.25) is 35.1 Å². The van der Waals surface area contributed by atoms with Crippen molar-refractivity contribution >= 4 is 35.2 Å². The van der Waals surface area contributed by atoms with Crippen LogP contribution in [0.1, 0.15) is 25.3 Å². The molecule has 2 N–H and O–H groups in total. The summed E-state index contributed by atoms with van der Waals surface area (Å²) >= 11 is 0. The number of ether oxygens (including phenoxy) is 1. The smallest absolute Gasteiger partial charge is 0.328 e. The largest absolute Gasteiger partial charge is 0.466 e. The van der Waals surface area contributed by atoms with E-state index in [-0.39, 0.29) is 25.1 Å². The van der Waals surface area contributed by atoms with Gasteiger partial charge in [-0.05, 0) is 31.4 Å². The lowest BCUT2D eigenvalue weighted by molar-refractivity contribution is -0.384. The second kappa shape index (κ2) is 7.08. The van der Waals surface area contributed by atoms with E-state index in [1.165, 1.54) is 12.1 Å². The molecule has 0 bridgehead atoms. The quantitative estimate of drug-likeness (QED) is 0.316. The number of rotatable bonds is 3. The van der Waals surface area contributed by atoms with Crippen LogP contribution in [0.2, 0.25) is 0 Å².